The van der Waals surface area contributed by atoms with Gasteiger partial charge in [-0.2, -0.15) is 0 Å². The first kappa shape index (κ1) is 21.3. The third-order valence-corrected chi connectivity index (χ3v) is 5.92. The number of nitrogens with one attached hydrogen (secondary N) is 1. The molecule has 0 radical (unpaired) electrons. The van der Waals surface area contributed by atoms with Gasteiger partial charge in [-0.3, -0.25) is 4.79 Å². The maximum atomic E-state index is 12.4. The molecule has 1 amide bonds. The molecule has 0 aromatic heterocycles. The average Bonchev–Trinajstić information content (AvgIpc) is 2.71. The fraction of sp³-hybridized carbons (Fsp3) is 0.381. The Morgan fingerprint density at radius 2 is 1.71 bits per heavy atom. The number of likely N-dealkylation sites (tertiary alicyclic amines) is 1. The van der Waals surface area contributed by atoms with Crippen LogP contribution in [-0.4, -0.2) is 37.0 Å². The number of carbonyl (C=O) groups is 1. The molecular weight excluding hydrogens is 419 g/mol. The molecule has 28 heavy (non-hydrogen) atoms. The fourth-order valence-corrected chi connectivity index (χ4v) is 3.84. The van der Waals surface area contributed by atoms with Gasteiger partial charge in [-0.15, -0.1) is 0 Å². The number of hydrogen-bond donors (Lipinski definition) is 1. The quantitative estimate of drug-likeness (QED) is 0.611. The van der Waals surface area contributed by atoms with Gasteiger partial charge in [0.05, 0.1) is 15.1 Å². The second kappa shape index (κ2) is 10.4. The average molecular weight is 442 g/mol. The molecule has 0 unspecified atom stereocenters. The number of ether oxygens (including phenoxy) is 1. The van der Waals surface area contributed by atoms with Crippen molar-refractivity contribution in [2.75, 3.05) is 26.2 Å². The van der Waals surface area contributed by atoms with Gasteiger partial charge < -0.3 is 15.0 Å². The van der Waals surface area contributed by atoms with E-state index in [1.54, 1.807) is 0 Å². The number of amides is 1. The topological polar surface area (TPSA) is 41.6 Å². The Labute approximate surface area is 180 Å². The van der Waals surface area contributed by atoms with Gasteiger partial charge in [-0.1, -0.05) is 65.1 Å². The SMILES string of the molecule is O=C(COc1cc(Cl)c(Cl)cc1Cl)N1CCC(CNCc2ccccc2)CC1. The molecule has 1 saturated heterocycles. The van der Waals surface area contributed by atoms with E-state index in [1.807, 2.05) is 23.1 Å². The van der Waals surface area contributed by atoms with Gasteiger partial charge >= 0.3 is 0 Å². The Kier molecular flexibility index (Phi) is 7.86. The van der Waals surface area contributed by atoms with Gasteiger partial charge in [-0.25, -0.2) is 0 Å². The zero-order valence-corrected chi connectivity index (χ0v) is 17.7. The Hall–Kier alpha value is -1.46. The molecule has 1 N–H and O–H groups in total. The molecule has 2 aromatic rings. The Bertz CT molecular complexity index is 794. The van der Waals surface area contributed by atoms with E-state index in [0.717, 1.165) is 39.0 Å². The van der Waals surface area contributed by atoms with Crippen LogP contribution in [0.4, 0.5) is 0 Å². The van der Waals surface area contributed by atoms with Crippen LogP contribution < -0.4 is 10.1 Å². The summed E-state index contributed by atoms with van der Waals surface area (Å²) in [7, 11) is 0. The monoisotopic (exact) mass is 440 g/mol. The number of halogens is 3. The van der Waals surface area contributed by atoms with Crippen molar-refractivity contribution >= 4 is 40.7 Å². The van der Waals surface area contributed by atoms with E-state index in [2.05, 4.69) is 17.4 Å². The molecule has 0 spiro atoms. The smallest absolute Gasteiger partial charge is 0.260 e. The molecule has 1 fully saturated rings. The van der Waals surface area contributed by atoms with Crippen molar-refractivity contribution in [1.82, 2.24) is 10.2 Å². The second-order valence-electron chi connectivity index (χ2n) is 6.93. The molecular formula is C21H23Cl3N2O2. The van der Waals surface area contributed by atoms with Crippen LogP contribution in [0.25, 0.3) is 0 Å². The second-order valence-corrected chi connectivity index (χ2v) is 8.15. The highest BCUT2D eigenvalue weighted by atomic mass is 35.5. The lowest BCUT2D eigenvalue weighted by Gasteiger charge is -2.32. The van der Waals surface area contributed by atoms with Crippen LogP contribution in [0, 0.1) is 5.92 Å². The first-order valence-corrected chi connectivity index (χ1v) is 10.5. The number of rotatable bonds is 7. The molecule has 7 heteroatoms. The summed E-state index contributed by atoms with van der Waals surface area (Å²) < 4.78 is 5.55. The number of carbonyl (C=O) groups excluding carboxylic acids is 1. The summed E-state index contributed by atoms with van der Waals surface area (Å²) in [5, 5.41) is 4.55. The van der Waals surface area contributed by atoms with Crippen LogP contribution in [0.5, 0.6) is 5.75 Å². The lowest BCUT2D eigenvalue weighted by molar-refractivity contribution is -0.134. The van der Waals surface area contributed by atoms with Gasteiger partial charge in [0.2, 0.25) is 0 Å². The lowest BCUT2D eigenvalue weighted by atomic mass is 9.96. The third kappa shape index (κ3) is 6.02. The van der Waals surface area contributed by atoms with Crippen LogP contribution in [0.3, 0.4) is 0 Å². The number of benzene rings is 2. The van der Waals surface area contributed by atoms with Crippen molar-refractivity contribution in [3.8, 4) is 5.75 Å². The summed E-state index contributed by atoms with van der Waals surface area (Å²) in [6, 6.07) is 13.4. The van der Waals surface area contributed by atoms with Crippen LogP contribution in [0.1, 0.15) is 18.4 Å². The van der Waals surface area contributed by atoms with Crippen molar-refractivity contribution in [3.63, 3.8) is 0 Å². The first-order valence-electron chi connectivity index (χ1n) is 9.32. The molecule has 0 saturated carbocycles. The normalized spacial score (nSPS) is 14.9. The van der Waals surface area contributed by atoms with E-state index in [4.69, 9.17) is 39.5 Å². The maximum Gasteiger partial charge on any atom is 0.260 e. The summed E-state index contributed by atoms with van der Waals surface area (Å²) in [4.78, 5) is 14.3. The van der Waals surface area contributed by atoms with Gasteiger partial charge in [0.1, 0.15) is 5.75 Å². The zero-order chi connectivity index (χ0) is 19.9. The largest absolute Gasteiger partial charge is 0.482 e. The summed E-state index contributed by atoms with van der Waals surface area (Å²) >= 11 is 18.0. The minimum absolute atomic E-state index is 0.0437. The van der Waals surface area contributed by atoms with Crippen molar-refractivity contribution in [1.29, 1.82) is 0 Å². The number of nitrogens with zero attached hydrogens (tertiary/aromatic N) is 1. The van der Waals surface area contributed by atoms with Gasteiger partial charge in [0.15, 0.2) is 6.61 Å². The van der Waals surface area contributed by atoms with Gasteiger partial charge in [0.25, 0.3) is 5.91 Å². The van der Waals surface area contributed by atoms with E-state index in [1.165, 1.54) is 17.7 Å². The minimum Gasteiger partial charge on any atom is -0.482 e. The van der Waals surface area contributed by atoms with Crippen LogP contribution >= 0.6 is 34.8 Å². The molecule has 1 aliphatic heterocycles. The highest BCUT2D eigenvalue weighted by Gasteiger charge is 2.23. The fourth-order valence-electron chi connectivity index (χ4n) is 3.25. The van der Waals surface area contributed by atoms with Crippen LogP contribution in [-0.2, 0) is 11.3 Å². The Balaban J connectivity index is 1.38. The van der Waals surface area contributed by atoms with Gasteiger partial charge in [0, 0.05) is 25.7 Å². The predicted octanol–water partition coefficient (Wildman–Crippen LogP) is 5.05. The highest BCUT2D eigenvalue weighted by Crippen LogP contribution is 2.33. The van der Waals surface area contributed by atoms with E-state index in [0.29, 0.717) is 26.7 Å². The predicted molar refractivity (Wildman–Crippen MR) is 114 cm³/mol. The summed E-state index contributed by atoms with van der Waals surface area (Å²) in [5.41, 5.74) is 1.29. The molecule has 1 heterocycles. The van der Waals surface area contributed by atoms with Crippen molar-refractivity contribution in [3.05, 3.63) is 63.1 Å². The molecule has 0 aliphatic carbocycles. The highest BCUT2D eigenvalue weighted by molar-refractivity contribution is 6.43. The van der Waals surface area contributed by atoms with Crippen molar-refractivity contribution < 1.29 is 9.53 Å². The first-order chi connectivity index (χ1) is 13.5. The molecule has 2 aromatic carbocycles. The molecule has 150 valence electrons. The molecule has 0 atom stereocenters. The summed E-state index contributed by atoms with van der Waals surface area (Å²) in [6.45, 7) is 3.27. The van der Waals surface area contributed by atoms with E-state index in [9.17, 15) is 4.79 Å². The summed E-state index contributed by atoms with van der Waals surface area (Å²) in [6.07, 6.45) is 1.97. The van der Waals surface area contributed by atoms with E-state index in [-0.39, 0.29) is 12.5 Å². The van der Waals surface area contributed by atoms with Crippen molar-refractivity contribution in [2.24, 2.45) is 5.92 Å². The standard InChI is InChI=1S/C21H23Cl3N2O2/c22-17-10-19(24)20(11-18(17)23)28-14-21(27)26-8-6-16(7-9-26)13-25-12-15-4-2-1-3-5-15/h1-5,10-11,16,25H,6-9,12-14H2. The van der Waals surface area contributed by atoms with Gasteiger partial charge in [-0.05, 0) is 36.9 Å². The van der Waals surface area contributed by atoms with E-state index >= 15 is 0 Å². The minimum atomic E-state index is -0.0609. The third-order valence-electron chi connectivity index (χ3n) is 4.90. The zero-order valence-electron chi connectivity index (χ0n) is 15.5. The number of piperidine rings is 1. The van der Waals surface area contributed by atoms with Crippen molar-refractivity contribution in [2.45, 2.75) is 19.4 Å². The summed E-state index contributed by atoms with van der Waals surface area (Å²) in [5.74, 6) is 0.903. The molecule has 4 nitrogen and oxygen atoms in total. The molecule has 0 bridgehead atoms. The van der Waals surface area contributed by atoms with Crippen LogP contribution in [0.2, 0.25) is 15.1 Å². The Morgan fingerprint density at radius 1 is 1.04 bits per heavy atom. The van der Waals surface area contributed by atoms with E-state index < -0.39 is 0 Å². The lowest BCUT2D eigenvalue weighted by Crippen LogP contribution is -2.42. The molecule has 3 rings (SSSR count). The Morgan fingerprint density at radius 3 is 2.43 bits per heavy atom. The number of hydrogen-bond acceptors (Lipinski definition) is 3. The maximum absolute atomic E-state index is 12.4. The van der Waals surface area contributed by atoms with Crippen LogP contribution in [0.15, 0.2) is 42.5 Å². The molecule has 1 aliphatic rings.